The molecule has 2 aliphatic rings. The summed E-state index contributed by atoms with van der Waals surface area (Å²) in [5, 5.41) is 0. The standard InChI is InChI=1S/C53H32N4/c1-54-40-30-31-44-48(33-40)53(45-23-10-8-20-42(45)43-21-9-11-24-46(43)53)47-25-13-22-41(49(44)47)38-18-12-19-39(32-38)52-56-50(36-16-6-3-7-17-36)55-51(57-52)37-28-26-35(27-29-37)34-14-4-2-5-15-34/h2-33H. The second-order valence-corrected chi connectivity index (χ2v) is 14.6. The van der Waals surface area contributed by atoms with Gasteiger partial charge in [0.2, 0.25) is 0 Å². The Kier molecular flexibility index (Phi) is 7.42. The van der Waals surface area contributed by atoms with Gasteiger partial charge in [-0.1, -0.05) is 188 Å². The first-order valence-electron chi connectivity index (χ1n) is 19.1. The molecule has 0 N–H and O–H groups in total. The number of benzene rings is 8. The van der Waals surface area contributed by atoms with Gasteiger partial charge in [-0.05, 0) is 72.8 Å². The maximum atomic E-state index is 7.99. The van der Waals surface area contributed by atoms with Gasteiger partial charge in [-0.2, -0.15) is 0 Å². The number of aromatic nitrogens is 3. The third kappa shape index (κ3) is 5.03. The van der Waals surface area contributed by atoms with Crippen LogP contribution in [0.15, 0.2) is 194 Å². The van der Waals surface area contributed by atoms with Crippen molar-refractivity contribution in [2.24, 2.45) is 0 Å². The molecule has 0 bridgehead atoms. The molecule has 0 amide bonds. The Balaban J connectivity index is 1.09. The highest BCUT2D eigenvalue weighted by molar-refractivity contribution is 6.00. The van der Waals surface area contributed by atoms with Crippen LogP contribution in [0.2, 0.25) is 0 Å². The van der Waals surface area contributed by atoms with Crippen LogP contribution in [-0.4, -0.2) is 15.0 Å². The van der Waals surface area contributed by atoms with Crippen LogP contribution in [-0.2, 0) is 5.41 Å². The van der Waals surface area contributed by atoms with E-state index in [-0.39, 0.29) is 0 Å². The van der Waals surface area contributed by atoms with Gasteiger partial charge in [-0.25, -0.2) is 19.8 Å². The smallest absolute Gasteiger partial charge is 0.187 e. The first kappa shape index (κ1) is 32.7. The topological polar surface area (TPSA) is 43.0 Å². The molecular formula is C53H32N4. The molecule has 57 heavy (non-hydrogen) atoms. The minimum absolute atomic E-state index is 0.546. The summed E-state index contributed by atoms with van der Waals surface area (Å²) in [6, 6.07) is 67.9. The molecule has 9 aromatic rings. The molecule has 0 unspecified atom stereocenters. The number of hydrogen-bond donors (Lipinski definition) is 0. The van der Waals surface area contributed by atoms with Gasteiger partial charge < -0.3 is 0 Å². The number of nitrogens with zero attached hydrogens (tertiary/aromatic N) is 4. The van der Waals surface area contributed by atoms with Crippen LogP contribution in [0.3, 0.4) is 0 Å². The van der Waals surface area contributed by atoms with E-state index in [2.05, 4.69) is 157 Å². The Bertz CT molecular complexity index is 3030. The number of rotatable bonds is 5. The summed E-state index contributed by atoms with van der Waals surface area (Å²) < 4.78 is 0. The Hall–Kier alpha value is -7.74. The maximum Gasteiger partial charge on any atom is 0.187 e. The third-order valence-corrected chi connectivity index (χ3v) is 11.6. The highest BCUT2D eigenvalue weighted by Crippen LogP contribution is 2.64. The minimum Gasteiger partial charge on any atom is -0.238 e. The monoisotopic (exact) mass is 724 g/mol. The summed E-state index contributed by atoms with van der Waals surface area (Å²) in [5.74, 6) is 1.85. The van der Waals surface area contributed by atoms with Crippen molar-refractivity contribution < 1.29 is 0 Å². The molecule has 8 aromatic carbocycles. The quantitative estimate of drug-likeness (QED) is 0.166. The fourth-order valence-electron chi connectivity index (χ4n) is 9.10. The van der Waals surface area contributed by atoms with Gasteiger partial charge in [0.25, 0.3) is 0 Å². The van der Waals surface area contributed by atoms with E-state index in [9.17, 15) is 0 Å². The highest BCUT2D eigenvalue weighted by atomic mass is 15.0. The van der Waals surface area contributed by atoms with E-state index in [0.29, 0.717) is 23.2 Å². The molecule has 0 aliphatic heterocycles. The van der Waals surface area contributed by atoms with Gasteiger partial charge in [0.1, 0.15) is 0 Å². The summed E-state index contributed by atoms with van der Waals surface area (Å²) in [7, 11) is 0. The van der Waals surface area contributed by atoms with Crippen LogP contribution in [0.5, 0.6) is 0 Å². The molecule has 4 nitrogen and oxygen atoms in total. The van der Waals surface area contributed by atoms with Crippen LogP contribution < -0.4 is 0 Å². The van der Waals surface area contributed by atoms with E-state index in [1.165, 1.54) is 33.4 Å². The molecule has 0 saturated heterocycles. The van der Waals surface area contributed by atoms with Crippen molar-refractivity contribution in [3.8, 4) is 78.7 Å². The Morgan fingerprint density at radius 1 is 0.333 bits per heavy atom. The van der Waals surface area contributed by atoms with Gasteiger partial charge in [0.05, 0.1) is 12.0 Å². The van der Waals surface area contributed by atoms with Gasteiger partial charge in [0.15, 0.2) is 23.2 Å². The molecule has 1 spiro atoms. The summed E-state index contributed by atoms with van der Waals surface area (Å²) in [5.41, 5.74) is 17.0. The maximum absolute atomic E-state index is 7.99. The van der Waals surface area contributed by atoms with E-state index in [4.69, 9.17) is 21.5 Å². The number of fused-ring (bicyclic) bond motifs is 10. The lowest BCUT2D eigenvalue weighted by Crippen LogP contribution is -2.25. The first-order chi connectivity index (χ1) is 28.2. The predicted octanol–water partition coefficient (Wildman–Crippen LogP) is 13.1. The molecule has 0 atom stereocenters. The lowest BCUT2D eigenvalue weighted by atomic mass is 9.70. The fourth-order valence-corrected chi connectivity index (χ4v) is 9.10. The Morgan fingerprint density at radius 2 is 0.807 bits per heavy atom. The van der Waals surface area contributed by atoms with Crippen LogP contribution >= 0.6 is 0 Å². The third-order valence-electron chi connectivity index (χ3n) is 11.6. The second kappa shape index (κ2) is 12.9. The van der Waals surface area contributed by atoms with Crippen molar-refractivity contribution in [1.29, 1.82) is 0 Å². The van der Waals surface area contributed by atoms with E-state index < -0.39 is 5.41 Å². The lowest BCUT2D eigenvalue weighted by Gasteiger charge is -2.30. The molecule has 0 fully saturated rings. The van der Waals surface area contributed by atoms with Gasteiger partial charge in [0, 0.05) is 16.7 Å². The first-order valence-corrected chi connectivity index (χ1v) is 19.1. The zero-order chi connectivity index (χ0) is 37.9. The van der Waals surface area contributed by atoms with Crippen molar-refractivity contribution in [2.45, 2.75) is 5.41 Å². The van der Waals surface area contributed by atoms with Crippen molar-refractivity contribution in [3.63, 3.8) is 0 Å². The van der Waals surface area contributed by atoms with Crippen molar-refractivity contribution in [1.82, 2.24) is 15.0 Å². The molecule has 2 aliphatic carbocycles. The molecule has 4 heteroatoms. The second-order valence-electron chi connectivity index (χ2n) is 14.6. The number of hydrogen-bond acceptors (Lipinski definition) is 3. The van der Waals surface area contributed by atoms with Crippen molar-refractivity contribution >= 4 is 5.69 Å². The summed E-state index contributed by atoms with van der Waals surface area (Å²) in [6.45, 7) is 7.99. The van der Waals surface area contributed by atoms with Crippen LogP contribution in [0.25, 0.3) is 83.5 Å². The van der Waals surface area contributed by atoms with Crippen LogP contribution in [0.1, 0.15) is 22.3 Å². The largest absolute Gasteiger partial charge is 0.238 e. The van der Waals surface area contributed by atoms with Gasteiger partial charge in [-0.15, -0.1) is 0 Å². The average Bonchev–Trinajstić information content (AvgIpc) is 3.77. The van der Waals surface area contributed by atoms with Crippen LogP contribution in [0, 0.1) is 6.57 Å². The summed E-state index contributed by atoms with van der Waals surface area (Å²) in [4.78, 5) is 19.1. The Morgan fingerprint density at radius 3 is 1.47 bits per heavy atom. The van der Waals surface area contributed by atoms with E-state index in [1.54, 1.807) is 0 Å². The van der Waals surface area contributed by atoms with E-state index in [0.717, 1.165) is 50.1 Å². The van der Waals surface area contributed by atoms with Crippen molar-refractivity contribution in [3.05, 3.63) is 228 Å². The molecule has 1 heterocycles. The molecule has 264 valence electrons. The average molecular weight is 725 g/mol. The highest BCUT2D eigenvalue weighted by Gasteiger charge is 2.52. The molecule has 11 rings (SSSR count). The minimum atomic E-state index is -0.546. The summed E-state index contributed by atoms with van der Waals surface area (Å²) >= 11 is 0. The predicted molar refractivity (Wildman–Crippen MR) is 230 cm³/mol. The van der Waals surface area contributed by atoms with Gasteiger partial charge in [-0.3, -0.25) is 0 Å². The van der Waals surface area contributed by atoms with Crippen molar-refractivity contribution in [2.75, 3.05) is 0 Å². The normalized spacial score (nSPS) is 12.7. The SMILES string of the molecule is [C-]#[N+]c1ccc2c(c1)C1(c3ccccc3-c3ccccc31)c1cccc(-c3cccc(-c4nc(-c5ccccc5)nc(-c5ccc(-c6ccccc6)cc5)n4)c3)c1-2. The Labute approximate surface area is 331 Å². The molecular weight excluding hydrogens is 693 g/mol. The molecule has 0 radical (unpaired) electrons. The zero-order valence-corrected chi connectivity index (χ0v) is 30.8. The zero-order valence-electron chi connectivity index (χ0n) is 30.8. The van der Waals surface area contributed by atoms with E-state index in [1.807, 2.05) is 42.5 Å². The fraction of sp³-hybridized carbons (Fsp3) is 0.0189. The lowest BCUT2D eigenvalue weighted by molar-refractivity contribution is 0.794. The molecule has 0 saturated carbocycles. The molecule has 1 aromatic heterocycles. The van der Waals surface area contributed by atoms with Gasteiger partial charge >= 0.3 is 0 Å². The summed E-state index contributed by atoms with van der Waals surface area (Å²) in [6.07, 6.45) is 0. The van der Waals surface area contributed by atoms with E-state index >= 15 is 0 Å². The van der Waals surface area contributed by atoms with Crippen LogP contribution in [0.4, 0.5) is 5.69 Å².